The van der Waals surface area contributed by atoms with Gasteiger partial charge in [-0.15, -0.1) is 0 Å². The highest BCUT2D eigenvalue weighted by Crippen LogP contribution is 2.20. The highest BCUT2D eigenvalue weighted by Gasteiger charge is 2.09. The predicted molar refractivity (Wildman–Crippen MR) is 81.3 cm³/mol. The Kier molecular flexibility index (Phi) is 4.11. The number of rotatable bonds is 2. The van der Waals surface area contributed by atoms with Crippen LogP contribution in [0.2, 0.25) is 0 Å². The lowest BCUT2D eigenvalue weighted by molar-refractivity contribution is 0.245. The van der Waals surface area contributed by atoms with Crippen LogP contribution in [0, 0.1) is 0 Å². The molecule has 0 radical (unpaired) electrons. The molecule has 1 fully saturated rings. The maximum absolute atomic E-state index is 3.47. The van der Waals surface area contributed by atoms with Gasteiger partial charge < -0.3 is 5.32 Å². The largest absolute Gasteiger partial charge is 0.317 e. The standard InChI is InChI=1S/C17H22N2/c1-2-9-17-15(6-1)7-3-8-16(17)14-19-12-4-10-18-11-5-13-19/h1-3,6-9,18H,4-5,10-14H2. The van der Waals surface area contributed by atoms with Gasteiger partial charge in [0.15, 0.2) is 0 Å². The van der Waals surface area contributed by atoms with Gasteiger partial charge in [-0.1, -0.05) is 42.5 Å². The summed E-state index contributed by atoms with van der Waals surface area (Å²) in [6.45, 7) is 5.81. The Morgan fingerprint density at radius 2 is 1.63 bits per heavy atom. The van der Waals surface area contributed by atoms with Gasteiger partial charge in [-0.25, -0.2) is 0 Å². The summed E-state index contributed by atoms with van der Waals surface area (Å²) in [6, 6.07) is 15.4. The van der Waals surface area contributed by atoms with Crippen LogP contribution in [0.3, 0.4) is 0 Å². The molecule has 2 heteroatoms. The smallest absolute Gasteiger partial charge is 0.0239 e. The third-order valence-corrected chi connectivity index (χ3v) is 3.93. The zero-order valence-electron chi connectivity index (χ0n) is 11.4. The molecular formula is C17H22N2. The first-order chi connectivity index (χ1) is 9.43. The third-order valence-electron chi connectivity index (χ3n) is 3.93. The number of nitrogens with zero attached hydrogens (tertiary/aromatic N) is 1. The summed E-state index contributed by atoms with van der Waals surface area (Å²) >= 11 is 0. The van der Waals surface area contributed by atoms with Gasteiger partial charge in [0.2, 0.25) is 0 Å². The van der Waals surface area contributed by atoms with Gasteiger partial charge in [0.1, 0.15) is 0 Å². The molecule has 3 rings (SSSR count). The van der Waals surface area contributed by atoms with Crippen molar-refractivity contribution in [1.29, 1.82) is 0 Å². The Morgan fingerprint density at radius 1 is 0.895 bits per heavy atom. The van der Waals surface area contributed by atoms with Crippen LogP contribution in [0.5, 0.6) is 0 Å². The van der Waals surface area contributed by atoms with E-state index >= 15 is 0 Å². The maximum Gasteiger partial charge on any atom is 0.0239 e. The van der Waals surface area contributed by atoms with E-state index in [1.807, 2.05) is 0 Å². The van der Waals surface area contributed by atoms with Crippen LogP contribution in [0.25, 0.3) is 10.8 Å². The number of benzene rings is 2. The van der Waals surface area contributed by atoms with E-state index in [9.17, 15) is 0 Å². The lowest BCUT2D eigenvalue weighted by Gasteiger charge is -2.25. The molecule has 0 spiro atoms. The summed E-state index contributed by atoms with van der Waals surface area (Å²) < 4.78 is 0. The first-order valence-corrected chi connectivity index (χ1v) is 7.33. The SMILES string of the molecule is c1ccc2c(CN3CCCNCCC3)cccc2c1. The van der Waals surface area contributed by atoms with Crippen molar-refractivity contribution in [2.24, 2.45) is 0 Å². The van der Waals surface area contributed by atoms with Crippen molar-refractivity contribution in [2.45, 2.75) is 19.4 Å². The second-order valence-electron chi connectivity index (χ2n) is 5.37. The molecule has 1 N–H and O–H groups in total. The van der Waals surface area contributed by atoms with E-state index in [0.29, 0.717) is 0 Å². The molecule has 2 nitrogen and oxygen atoms in total. The predicted octanol–water partition coefficient (Wildman–Crippen LogP) is 3.03. The van der Waals surface area contributed by atoms with Crippen LogP contribution in [-0.4, -0.2) is 31.1 Å². The molecule has 1 heterocycles. The first-order valence-electron chi connectivity index (χ1n) is 7.33. The summed E-state index contributed by atoms with van der Waals surface area (Å²) in [7, 11) is 0. The number of hydrogen-bond donors (Lipinski definition) is 1. The molecule has 0 amide bonds. The molecule has 0 aliphatic carbocycles. The normalized spacial score (nSPS) is 18.1. The average molecular weight is 254 g/mol. The minimum absolute atomic E-state index is 1.08. The van der Waals surface area contributed by atoms with E-state index in [1.165, 1.54) is 42.3 Å². The minimum Gasteiger partial charge on any atom is -0.317 e. The van der Waals surface area contributed by atoms with Gasteiger partial charge in [-0.3, -0.25) is 4.90 Å². The molecule has 1 aliphatic heterocycles. The molecule has 2 aromatic carbocycles. The van der Waals surface area contributed by atoms with Crippen molar-refractivity contribution in [2.75, 3.05) is 26.2 Å². The van der Waals surface area contributed by atoms with Gasteiger partial charge in [-0.05, 0) is 55.4 Å². The van der Waals surface area contributed by atoms with Crippen LogP contribution in [-0.2, 0) is 6.54 Å². The van der Waals surface area contributed by atoms with Crippen LogP contribution in [0.4, 0.5) is 0 Å². The van der Waals surface area contributed by atoms with Crippen LogP contribution < -0.4 is 5.32 Å². The van der Waals surface area contributed by atoms with Crippen molar-refractivity contribution in [1.82, 2.24) is 10.2 Å². The van der Waals surface area contributed by atoms with Gasteiger partial charge in [-0.2, -0.15) is 0 Å². The molecule has 0 unspecified atom stereocenters. The zero-order valence-corrected chi connectivity index (χ0v) is 11.4. The van der Waals surface area contributed by atoms with E-state index in [2.05, 4.69) is 52.7 Å². The number of fused-ring (bicyclic) bond motifs is 1. The van der Waals surface area contributed by atoms with E-state index in [1.54, 1.807) is 0 Å². The molecule has 2 aromatic rings. The quantitative estimate of drug-likeness (QED) is 0.886. The fourth-order valence-corrected chi connectivity index (χ4v) is 2.92. The zero-order chi connectivity index (χ0) is 12.9. The summed E-state index contributed by atoms with van der Waals surface area (Å²) in [5.41, 5.74) is 1.46. The molecule has 100 valence electrons. The van der Waals surface area contributed by atoms with E-state index in [0.717, 1.165) is 19.6 Å². The van der Waals surface area contributed by atoms with Crippen LogP contribution >= 0.6 is 0 Å². The molecule has 1 aliphatic rings. The summed E-state index contributed by atoms with van der Waals surface area (Å²) in [6.07, 6.45) is 2.51. The molecule has 0 atom stereocenters. The van der Waals surface area contributed by atoms with Crippen LogP contribution in [0.1, 0.15) is 18.4 Å². The number of nitrogens with one attached hydrogen (secondary N) is 1. The van der Waals surface area contributed by atoms with Crippen molar-refractivity contribution < 1.29 is 0 Å². The molecule has 0 aromatic heterocycles. The Morgan fingerprint density at radius 3 is 2.47 bits per heavy atom. The fourth-order valence-electron chi connectivity index (χ4n) is 2.92. The highest BCUT2D eigenvalue weighted by atomic mass is 15.1. The van der Waals surface area contributed by atoms with Crippen molar-refractivity contribution in [3.8, 4) is 0 Å². The monoisotopic (exact) mass is 254 g/mol. The third kappa shape index (κ3) is 3.14. The topological polar surface area (TPSA) is 15.3 Å². The Labute approximate surface area is 115 Å². The van der Waals surface area contributed by atoms with Gasteiger partial charge in [0.25, 0.3) is 0 Å². The highest BCUT2D eigenvalue weighted by molar-refractivity contribution is 5.85. The van der Waals surface area contributed by atoms with Gasteiger partial charge in [0.05, 0.1) is 0 Å². The van der Waals surface area contributed by atoms with Gasteiger partial charge >= 0.3 is 0 Å². The van der Waals surface area contributed by atoms with E-state index in [4.69, 9.17) is 0 Å². The molecule has 0 saturated carbocycles. The Bertz CT molecular complexity index is 522. The van der Waals surface area contributed by atoms with Crippen molar-refractivity contribution >= 4 is 10.8 Å². The molecule has 0 bridgehead atoms. The molecule has 19 heavy (non-hydrogen) atoms. The molecular weight excluding hydrogens is 232 g/mol. The number of hydrogen-bond acceptors (Lipinski definition) is 2. The second-order valence-corrected chi connectivity index (χ2v) is 5.37. The Balaban J connectivity index is 1.80. The lowest BCUT2D eigenvalue weighted by Crippen LogP contribution is -2.33. The van der Waals surface area contributed by atoms with Gasteiger partial charge in [0, 0.05) is 6.54 Å². The lowest BCUT2D eigenvalue weighted by atomic mass is 10.0. The van der Waals surface area contributed by atoms with Crippen molar-refractivity contribution in [3.63, 3.8) is 0 Å². The van der Waals surface area contributed by atoms with E-state index < -0.39 is 0 Å². The maximum atomic E-state index is 3.47. The minimum atomic E-state index is 1.08. The Hall–Kier alpha value is -1.38. The average Bonchev–Trinajstić information content (AvgIpc) is 2.42. The fraction of sp³-hybridized carbons (Fsp3) is 0.412. The van der Waals surface area contributed by atoms with E-state index in [-0.39, 0.29) is 0 Å². The van der Waals surface area contributed by atoms with Crippen molar-refractivity contribution in [3.05, 3.63) is 48.0 Å². The summed E-state index contributed by atoms with van der Waals surface area (Å²) in [5.74, 6) is 0. The van der Waals surface area contributed by atoms with Crippen LogP contribution in [0.15, 0.2) is 42.5 Å². The summed E-state index contributed by atoms with van der Waals surface area (Å²) in [4.78, 5) is 2.60. The molecule has 1 saturated heterocycles. The summed E-state index contributed by atoms with van der Waals surface area (Å²) in [5, 5.41) is 6.24. The second kappa shape index (κ2) is 6.18. The first kappa shape index (κ1) is 12.6.